The largest absolute Gasteiger partial charge is 0.381 e. The van der Waals surface area contributed by atoms with Crippen LogP contribution in [0.1, 0.15) is 45.9 Å². The molecule has 110 valence electrons. The Balaban J connectivity index is 1.79. The van der Waals surface area contributed by atoms with Gasteiger partial charge in [0.1, 0.15) is 5.82 Å². The van der Waals surface area contributed by atoms with Crippen LogP contribution in [0.3, 0.4) is 0 Å². The first-order chi connectivity index (χ1) is 9.08. The second-order valence-electron chi connectivity index (χ2n) is 6.17. The quantitative estimate of drug-likeness (QED) is 0.641. The number of nitrogens with one attached hydrogen (secondary N) is 2. The van der Waals surface area contributed by atoms with Gasteiger partial charge in [-0.15, -0.1) is 0 Å². The monoisotopic (exact) mass is 267 g/mol. The predicted octanol–water partition coefficient (Wildman–Crippen LogP) is 2.77. The van der Waals surface area contributed by atoms with Crippen LogP contribution >= 0.6 is 0 Å². The molecule has 0 aliphatic rings. The molecule has 0 aliphatic heterocycles. The minimum atomic E-state index is 0.379. The van der Waals surface area contributed by atoms with Gasteiger partial charge in [-0.05, 0) is 37.8 Å². The van der Waals surface area contributed by atoms with Crippen LogP contribution in [0.5, 0.6) is 0 Å². The van der Waals surface area contributed by atoms with Gasteiger partial charge in [0.25, 0.3) is 0 Å². The summed E-state index contributed by atoms with van der Waals surface area (Å²) < 4.78 is 5.62. The van der Waals surface area contributed by atoms with Crippen LogP contribution in [0.25, 0.3) is 0 Å². The molecular weight excluding hydrogens is 238 g/mol. The zero-order chi connectivity index (χ0) is 14.0. The molecule has 1 heterocycles. The minimum absolute atomic E-state index is 0.379. The molecule has 0 atom stereocenters. The van der Waals surface area contributed by atoms with Crippen LogP contribution < -0.4 is 5.32 Å². The summed E-state index contributed by atoms with van der Waals surface area (Å²) in [6, 6.07) is 0. The fourth-order valence-electron chi connectivity index (χ4n) is 1.72. The van der Waals surface area contributed by atoms with E-state index in [1.54, 1.807) is 6.20 Å². The summed E-state index contributed by atoms with van der Waals surface area (Å²) in [5.41, 5.74) is 0.379. The third-order valence-corrected chi connectivity index (χ3v) is 2.96. The molecule has 1 rings (SSSR count). The molecular formula is C15H29N3O. The predicted molar refractivity (Wildman–Crippen MR) is 79.3 cm³/mol. The molecule has 0 radical (unpaired) electrons. The van der Waals surface area contributed by atoms with E-state index >= 15 is 0 Å². The highest BCUT2D eigenvalue weighted by Gasteiger charge is 2.08. The van der Waals surface area contributed by atoms with Crippen molar-refractivity contribution in [2.45, 2.75) is 46.5 Å². The van der Waals surface area contributed by atoms with Crippen molar-refractivity contribution >= 4 is 0 Å². The molecule has 0 saturated heterocycles. The molecule has 0 saturated carbocycles. The molecule has 4 heteroatoms. The Hall–Kier alpha value is -0.870. The van der Waals surface area contributed by atoms with Crippen LogP contribution in [0, 0.1) is 5.41 Å². The smallest absolute Gasteiger partial charge is 0.106 e. The number of aromatic amines is 1. The Morgan fingerprint density at radius 2 is 2.00 bits per heavy atom. The Morgan fingerprint density at radius 3 is 2.68 bits per heavy atom. The molecule has 0 bridgehead atoms. The first-order valence-electron chi connectivity index (χ1n) is 7.35. The van der Waals surface area contributed by atoms with Gasteiger partial charge in [0.05, 0.1) is 0 Å². The molecule has 0 fully saturated rings. The minimum Gasteiger partial charge on any atom is -0.381 e. The lowest BCUT2D eigenvalue weighted by atomic mass is 9.93. The Labute approximate surface area is 117 Å². The summed E-state index contributed by atoms with van der Waals surface area (Å²) in [6.07, 6.45) is 8.03. The van der Waals surface area contributed by atoms with Crippen LogP contribution in [-0.2, 0) is 11.2 Å². The van der Waals surface area contributed by atoms with E-state index in [1.807, 2.05) is 6.20 Å². The van der Waals surface area contributed by atoms with E-state index in [9.17, 15) is 0 Å². The lowest BCUT2D eigenvalue weighted by molar-refractivity contribution is 0.106. The van der Waals surface area contributed by atoms with Gasteiger partial charge in [-0.3, -0.25) is 0 Å². The summed E-state index contributed by atoms with van der Waals surface area (Å²) >= 11 is 0. The Bertz CT molecular complexity index is 304. The van der Waals surface area contributed by atoms with Gasteiger partial charge >= 0.3 is 0 Å². The van der Waals surface area contributed by atoms with Gasteiger partial charge in [-0.25, -0.2) is 4.98 Å². The van der Waals surface area contributed by atoms with Gasteiger partial charge in [-0.1, -0.05) is 20.8 Å². The van der Waals surface area contributed by atoms with Crippen molar-refractivity contribution in [3.8, 4) is 0 Å². The maximum atomic E-state index is 5.62. The fraction of sp³-hybridized carbons (Fsp3) is 0.800. The molecule has 1 aromatic heterocycles. The number of H-pyrrole nitrogens is 1. The van der Waals surface area contributed by atoms with Gasteiger partial charge in [0, 0.05) is 32.0 Å². The maximum Gasteiger partial charge on any atom is 0.106 e. The van der Waals surface area contributed by atoms with E-state index in [-0.39, 0.29) is 0 Å². The summed E-state index contributed by atoms with van der Waals surface area (Å²) in [6.45, 7) is 10.6. The number of hydrogen-bond acceptors (Lipinski definition) is 3. The molecule has 4 nitrogen and oxygen atoms in total. The number of aryl methyl sites for hydroxylation is 1. The van der Waals surface area contributed by atoms with E-state index in [0.717, 1.165) is 57.8 Å². The van der Waals surface area contributed by atoms with Crippen molar-refractivity contribution in [3.63, 3.8) is 0 Å². The highest BCUT2D eigenvalue weighted by Crippen LogP contribution is 2.17. The van der Waals surface area contributed by atoms with Gasteiger partial charge in [0.15, 0.2) is 0 Å². The summed E-state index contributed by atoms with van der Waals surface area (Å²) in [7, 11) is 0. The van der Waals surface area contributed by atoms with Crippen LogP contribution in [0.2, 0.25) is 0 Å². The molecule has 19 heavy (non-hydrogen) atoms. The average molecular weight is 267 g/mol. The first-order valence-corrected chi connectivity index (χ1v) is 7.35. The SMILES string of the molecule is CC(C)(C)CCOCCCNCCCc1ncc[nH]1. The average Bonchev–Trinajstić information content (AvgIpc) is 2.83. The number of nitrogens with zero attached hydrogens (tertiary/aromatic N) is 1. The van der Waals surface area contributed by atoms with Gasteiger partial charge in [-0.2, -0.15) is 0 Å². The lowest BCUT2D eigenvalue weighted by Gasteiger charge is -2.17. The maximum absolute atomic E-state index is 5.62. The Morgan fingerprint density at radius 1 is 1.21 bits per heavy atom. The number of ether oxygens (including phenoxy) is 1. The van der Waals surface area contributed by atoms with Crippen molar-refractivity contribution in [2.75, 3.05) is 26.3 Å². The van der Waals surface area contributed by atoms with Crippen molar-refractivity contribution in [1.82, 2.24) is 15.3 Å². The van der Waals surface area contributed by atoms with E-state index in [2.05, 4.69) is 36.1 Å². The zero-order valence-corrected chi connectivity index (χ0v) is 12.7. The Kier molecular flexibility index (Phi) is 7.75. The van der Waals surface area contributed by atoms with Crippen LogP contribution in [-0.4, -0.2) is 36.3 Å². The molecule has 0 amide bonds. The second kappa shape index (κ2) is 9.10. The standard InChI is InChI=1S/C15H29N3O/c1-15(2,3)7-13-19-12-5-9-16-8-4-6-14-17-10-11-18-14/h10-11,16H,4-9,12-13H2,1-3H3,(H,17,18). The van der Waals surface area contributed by atoms with E-state index in [0.29, 0.717) is 5.41 Å². The van der Waals surface area contributed by atoms with Crippen molar-refractivity contribution in [2.24, 2.45) is 5.41 Å². The number of imidazole rings is 1. The first kappa shape index (κ1) is 16.2. The molecule has 1 aromatic rings. The molecule has 0 aromatic carbocycles. The van der Waals surface area contributed by atoms with Crippen molar-refractivity contribution in [3.05, 3.63) is 18.2 Å². The number of rotatable bonds is 10. The molecule has 0 unspecified atom stereocenters. The van der Waals surface area contributed by atoms with Crippen molar-refractivity contribution < 1.29 is 4.74 Å². The summed E-state index contributed by atoms with van der Waals surface area (Å²) in [5.74, 6) is 1.08. The third kappa shape index (κ3) is 9.68. The van der Waals surface area contributed by atoms with E-state index in [1.165, 1.54) is 0 Å². The van der Waals surface area contributed by atoms with Gasteiger partial charge in [0.2, 0.25) is 0 Å². The summed E-state index contributed by atoms with van der Waals surface area (Å²) in [5, 5.41) is 3.43. The normalized spacial score (nSPS) is 11.9. The molecule has 0 spiro atoms. The second-order valence-corrected chi connectivity index (χ2v) is 6.17. The lowest BCUT2D eigenvalue weighted by Crippen LogP contribution is -2.19. The topological polar surface area (TPSA) is 49.9 Å². The molecule has 2 N–H and O–H groups in total. The highest BCUT2D eigenvalue weighted by atomic mass is 16.5. The number of aromatic nitrogens is 2. The van der Waals surface area contributed by atoms with Crippen molar-refractivity contribution in [1.29, 1.82) is 0 Å². The third-order valence-electron chi connectivity index (χ3n) is 2.96. The van der Waals surface area contributed by atoms with E-state index < -0.39 is 0 Å². The van der Waals surface area contributed by atoms with Crippen LogP contribution in [0.15, 0.2) is 12.4 Å². The van der Waals surface area contributed by atoms with Gasteiger partial charge < -0.3 is 15.0 Å². The fourth-order valence-corrected chi connectivity index (χ4v) is 1.72. The molecule has 0 aliphatic carbocycles. The highest BCUT2D eigenvalue weighted by molar-refractivity contribution is 4.86. The van der Waals surface area contributed by atoms with Crippen LogP contribution in [0.4, 0.5) is 0 Å². The van der Waals surface area contributed by atoms with E-state index in [4.69, 9.17) is 4.74 Å². The number of hydrogen-bond donors (Lipinski definition) is 2. The zero-order valence-electron chi connectivity index (χ0n) is 12.7. The summed E-state index contributed by atoms with van der Waals surface area (Å²) in [4.78, 5) is 7.32.